The van der Waals surface area contributed by atoms with E-state index in [0.717, 1.165) is 11.5 Å². The number of nitrogens with one attached hydrogen (secondary N) is 1. The molecule has 0 radical (unpaired) electrons. The van der Waals surface area contributed by atoms with Crippen LogP contribution in [0.2, 0.25) is 0 Å². The monoisotopic (exact) mass is 405 g/mol. The molecule has 4 heteroatoms. The van der Waals surface area contributed by atoms with E-state index in [1.54, 1.807) is 6.07 Å². The molecule has 1 aromatic heterocycles. The largest absolute Gasteiger partial charge is 0.491 e. The Morgan fingerprint density at radius 1 is 0.933 bits per heavy atom. The maximum Gasteiger partial charge on any atom is 0.291 e. The second-order valence-electron chi connectivity index (χ2n) is 8.19. The summed E-state index contributed by atoms with van der Waals surface area (Å²) in [4.78, 5) is 12.7. The maximum absolute atomic E-state index is 12.7. The minimum absolute atomic E-state index is 0.0737. The SMILES string of the molecule is Cc1c(C)c(C)c(Cc2ccc(C(=O)Nc3cccc(OC(C)C)c3)o2)c(C)c1C. The summed E-state index contributed by atoms with van der Waals surface area (Å²) in [5.41, 5.74) is 8.52. The zero-order chi connectivity index (χ0) is 22.0. The number of anilines is 1. The highest BCUT2D eigenvalue weighted by molar-refractivity contribution is 6.02. The Hall–Kier alpha value is -3.01. The predicted molar refractivity (Wildman–Crippen MR) is 122 cm³/mol. The number of furan rings is 1. The van der Waals surface area contributed by atoms with Gasteiger partial charge in [0.15, 0.2) is 5.76 Å². The Kier molecular flexibility index (Phi) is 6.35. The fourth-order valence-corrected chi connectivity index (χ4v) is 3.72. The van der Waals surface area contributed by atoms with E-state index in [4.69, 9.17) is 9.15 Å². The van der Waals surface area contributed by atoms with Gasteiger partial charge in [0.25, 0.3) is 5.91 Å². The van der Waals surface area contributed by atoms with E-state index < -0.39 is 0 Å². The zero-order valence-electron chi connectivity index (χ0n) is 19.0. The molecule has 158 valence electrons. The lowest BCUT2D eigenvalue weighted by atomic mass is 9.88. The lowest BCUT2D eigenvalue weighted by molar-refractivity contribution is 0.0995. The van der Waals surface area contributed by atoms with E-state index in [-0.39, 0.29) is 12.0 Å². The van der Waals surface area contributed by atoms with Crippen molar-refractivity contribution in [2.45, 2.75) is 61.0 Å². The van der Waals surface area contributed by atoms with Gasteiger partial charge in [0.1, 0.15) is 11.5 Å². The van der Waals surface area contributed by atoms with Gasteiger partial charge in [-0.15, -0.1) is 0 Å². The van der Waals surface area contributed by atoms with E-state index in [2.05, 4.69) is 39.9 Å². The summed E-state index contributed by atoms with van der Waals surface area (Å²) in [6.07, 6.45) is 0.745. The first kappa shape index (κ1) is 21.7. The number of carbonyl (C=O) groups excluding carboxylic acids is 1. The van der Waals surface area contributed by atoms with Gasteiger partial charge in [0.2, 0.25) is 0 Å². The molecule has 0 aliphatic heterocycles. The van der Waals surface area contributed by atoms with Crippen molar-refractivity contribution in [3.05, 3.63) is 81.3 Å². The third kappa shape index (κ3) is 4.59. The molecule has 0 saturated carbocycles. The van der Waals surface area contributed by atoms with Crippen molar-refractivity contribution in [3.63, 3.8) is 0 Å². The summed E-state index contributed by atoms with van der Waals surface area (Å²) in [6, 6.07) is 11.0. The lowest BCUT2D eigenvalue weighted by Gasteiger charge is -2.18. The van der Waals surface area contributed by atoms with Crippen LogP contribution in [-0.2, 0) is 6.42 Å². The summed E-state index contributed by atoms with van der Waals surface area (Å²) >= 11 is 0. The van der Waals surface area contributed by atoms with Crippen molar-refractivity contribution in [2.75, 3.05) is 5.32 Å². The summed E-state index contributed by atoms with van der Waals surface area (Å²) in [6.45, 7) is 14.8. The molecule has 1 heterocycles. The number of amides is 1. The molecule has 0 unspecified atom stereocenters. The molecule has 4 nitrogen and oxygen atoms in total. The van der Waals surface area contributed by atoms with Crippen LogP contribution >= 0.6 is 0 Å². The number of rotatable bonds is 6. The van der Waals surface area contributed by atoms with Gasteiger partial charge in [0, 0.05) is 18.2 Å². The molecule has 3 rings (SSSR count). The fraction of sp³-hybridized carbons (Fsp3) is 0.346. The van der Waals surface area contributed by atoms with Crippen LogP contribution in [-0.4, -0.2) is 12.0 Å². The summed E-state index contributed by atoms with van der Waals surface area (Å²) < 4.78 is 11.6. The molecular formula is C26H31NO3. The molecule has 1 N–H and O–H groups in total. The molecular weight excluding hydrogens is 374 g/mol. The Bertz CT molecular complexity index is 1050. The highest BCUT2D eigenvalue weighted by Gasteiger charge is 2.16. The van der Waals surface area contributed by atoms with Crippen molar-refractivity contribution >= 4 is 11.6 Å². The number of ether oxygens (including phenoxy) is 1. The van der Waals surface area contributed by atoms with Crippen LogP contribution in [0, 0.1) is 34.6 Å². The molecule has 0 aliphatic carbocycles. The second kappa shape index (κ2) is 8.78. The topological polar surface area (TPSA) is 51.5 Å². The van der Waals surface area contributed by atoms with Gasteiger partial charge >= 0.3 is 0 Å². The van der Waals surface area contributed by atoms with Crippen LogP contribution in [0.4, 0.5) is 5.69 Å². The van der Waals surface area contributed by atoms with Crippen molar-refractivity contribution < 1.29 is 13.9 Å². The number of hydrogen-bond donors (Lipinski definition) is 1. The average molecular weight is 406 g/mol. The third-order valence-corrected chi connectivity index (χ3v) is 5.86. The lowest BCUT2D eigenvalue weighted by Crippen LogP contribution is -2.11. The first-order valence-corrected chi connectivity index (χ1v) is 10.4. The van der Waals surface area contributed by atoms with Crippen LogP contribution in [0.5, 0.6) is 5.75 Å². The van der Waals surface area contributed by atoms with Crippen LogP contribution < -0.4 is 10.1 Å². The van der Waals surface area contributed by atoms with Crippen molar-refractivity contribution in [1.29, 1.82) is 0 Å². The van der Waals surface area contributed by atoms with Gasteiger partial charge in [0.05, 0.1) is 6.10 Å². The molecule has 1 amide bonds. The van der Waals surface area contributed by atoms with E-state index in [0.29, 0.717) is 17.9 Å². The van der Waals surface area contributed by atoms with Crippen molar-refractivity contribution in [2.24, 2.45) is 0 Å². The minimum atomic E-state index is -0.271. The Morgan fingerprint density at radius 3 is 2.20 bits per heavy atom. The first-order valence-electron chi connectivity index (χ1n) is 10.4. The second-order valence-corrected chi connectivity index (χ2v) is 8.19. The first-order chi connectivity index (χ1) is 14.2. The van der Waals surface area contributed by atoms with Crippen molar-refractivity contribution in [3.8, 4) is 5.75 Å². The van der Waals surface area contributed by atoms with Gasteiger partial charge in [-0.2, -0.15) is 0 Å². The molecule has 0 saturated heterocycles. The fourth-order valence-electron chi connectivity index (χ4n) is 3.72. The minimum Gasteiger partial charge on any atom is -0.491 e. The summed E-state index contributed by atoms with van der Waals surface area (Å²) in [5, 5.41) is 2.88. The van der Waals surface area contributed by atoms with Gasteiger partial charge in [-0.25, -0.2) is 0 Å². The molecule has 3 aromatic rings. The average Bonchev–Trinajstić information content (AvgIpc) is 3.17. The number of hydrogen-bond acceptors (Lipinski definition) is 3. The van der Waals surface area contributed by atoms with Gasteiger partial charge in [-0.3, -0.25) is 4.79 Å². The van der Waals surface area contributed by atoms with Crippen LogP contribution in [0.25, 0.3) is 0 Å². The number of benzene rings is 2. The molecule has 0 spiro atoms. The van der Waals surface area contributed by atoms with Gasteiger partial charge in [-0.05, 0) is 106 Å². The van der Waals surface area contributed by atoms with E-state index in [9.17, 15) is 4.79 Å². The summed E-state index contributed by atoms with van der Waals surface area (Å²) in [5.74, 6) is 1.54. The Labute approximate surface area is 179 Å². The van der Waals surface area contributed by atoms with Gasteiger partial charge in [-0.1, -0.05) is 6.07 Å². The van der Waals surface area contributed by atoms with Crippen LogP contribution in [0.15, 0.2) is 40.8 Å². The standard InChI is InChI=1S/C26H31NO3/c1-15(2)29-22-10-8-9-21(13-22)27-26(28)25-12-11-23(30-25)14-24-19(6)17(4)16(3)18(5)20(24)7/h8-13,15H,14H2,1-7H3,(H,27,28). The number of carbonyl (C=O) groups is 1. The Balaban J connectivity index is 1.77. The van der Waals surface area contributed by atoms with Crippen LogP contribution in [0.3, 0.4) is 0 Å². The van der Waals surface area contributed by atoms with Crippen molar-refractivity contribution in [1.82, 2.24) is 0 Å². The molecule has 2 aromatic carbocycles. The van der Waals surface area contributed by atoms with Gasteiger partial charge < -0.3 is 14.5 Å². The highest BCUT2D eigenvalue weighted by Crippen LogP contribution is 2.28. The highest BCUT2D eigenvalue weighted by atomic mass is 16.5. The molecule has 0 fully saturated rings. The van der Waals surface area contributed by atoms with E-state index in [1.165, 1.54) is 33.4 Å². The normalized spacial score (nSPS) is 11.1. The zero-order valence-corrected chi connectivity index (χ0v) is 19.0. The predicted octanol–water partition coefficient (Wildman–Crippen LogP) is 6.45. The van der Waals surface area contributed by atoms with E-state index >= 15 is 0 Å². The van der Waals surface area contributed by atoms with Crippen LogP contribution in [0.1, 0.15) is 63.5 Å². The Morgan fingerprint density at radius 2 is 1.57 bits per heavy atom. The van der Waals surface area contributed by atoms with E-state index in [1.807, 2.05) is 44.2 Å². The molecule has 0 bridgehead atoms. The maximum atomic E-state index is 12.7. The third-order valence-electron chi connectivity index (χ3n) is 5.86. The molecule has 0 atom stereocenters. The molecule has 0 aliphatic rings. The quantitative estimate of drug-likeness (QED) is 0.512. The summed E-state index contributed by atoms with van der Waals surface area (Å²) in [7, 11) is 0. The smallest absolute Gasteiger partial charge is 0.291 e. The molecule has 30 heavy (non-hydrogen) atoms.